The van der Waals surface area contributed by atoms with Crippen LogP contribution in [0.15, 0.2) is 53.8 Å². The fraction of sp³-hybridized carbons (Fsp3) is 0.286. The molecule has 0 bridgehead atoms. The highest BCUT2D eigenvalue weighted by Gasteiger charge is 2.34. The van der Waals surface area contributed by atoms with Crippen LogP contribution in [0.25, 0.3) is 33.8 Å². The molecule has 4 aromatic heterocycles. The minimum atomic E-state index is -4.53. The Labute approximate surface area is 226 Å². The van der Waals surface area contributed by atoms with Crippen LogP contribution in [0, 0.1) is 6.92 Å². The van der Waals surface area contributed by atoms with Gasteiger partial charge >= 0.3 is 6.18 Å². The molecule has 1 aliphatic rings. The van der Waals surface area contributed by atoms with E-state index < -0.39 is 11.9 Å². The van der Waals surface area contributed by atoms with Crippen molar-refractivity contribution in [3.63, 3.8) is 0 Å². The zero-order valence-electron chi connectivity index (χ0n) is 21.9. The second kappa shape index (κ2) is 9.54. The first kappa shape index (κ1) is 25.7. The molecule has 0 atom stereocenters. The number of halogens is 3. The van der Waals surface area contributed by atoms with Crippen LogP contribution >= 0.6 is 0 Å². The Morgan fingerprint density at radius 1 is 1.07 bits per heavy atom. The maximum absolute atomic E-state index is 13.2. The van der Waals surface area contributed by atoms with Crippen LogP contribution in [0.4, 0.5) is 13.2 Å². The van der Waals surface area contributed by atoms with Crippen molar-refractivity contribution in [2.45, 2.75) is 38.4 Å². The Morgan fingerprint density at radius 3 is 2.48 bits per heavy atom. The normalized spacial score (nSPS) is 13.7. The predicted octanol–water partition coefficient (Wildman–Crippen LogP) is 4.91. The zero-order valence-corrected chi connectivity index (χ0v) is 21.9. The van der Waals surface area contributed by atoms with Gasteiger partial charge in [0, 0.05) is 42.4 Å². The number of aromatic nitrogens is 7. The van der Waals surface area contributed by atoms with Gasteiger partial charge < -0.3 is 9.30 Å². The van der Waals surface area contributed by atoms with Gasteiger partial charge in [-0.25, -0.2) is 24.9 Å². The lowest BCUT2D eigenvalue weighted by Crippen LogP contribution is -2.22. The highest BCUT2D eigenvalue weighted by Crippen LogP contribution is 2.45. The number of methoxy groups -OCH3 is 1. The lowest BCUT2D eigenvalue weighted by molar-refractivity contribution is -0.140. The number of ether oxygens (including phenoxy) is 1. The van der Waals surface area contributed by atoms with Gasteiger partial charge in [-0.2, -0.15) is 13.2 Å². The average molecular weight is 548 g/mol. The number of hydrogen-bond donors (Lipinski definition) is 0. The molecule has 0 amide bonds. The number of aryl methyl sites for hydroxylation is 2. The first-order chi connectivity index (χ1) is 19.1. The number of benzene rings is 1. The highest BCUT2D eigenvalue weighted by atomic mass is 19.4. The summed E-state index contributed by atoms with van der Waals surface area (Å²) in [4.78, 5) is 35.1. The number of imidazole rings is 1. The smallest absolute Gasteiger partial charge is 0.434 e. The summed E-state index contributed by atoms with van der Waals surface area (Å²) in [5, 5.41) is 0.719. The molecule has 6 rings (SSSR count). The topological polar surface area (TPSA) is 101 Å². The van der Waals surface area contributed by atoms with Crippen LogP contribution in [0.5, 0.6) is 5.88 Å². The van der Waals surface area contributed by atoms with Gasteiger partial charge in [0.05, 0.1) is 19.3 Å². The Morgan fingerprint density at radius 2 is 1.82 bits per heavy atom. The molecule has 204 valence electrons. The molecular weight excluding hydrogens is 523 g/mol. The molecular formula is C28H24F3N7O2. The highest BCUT2D eigenvalue weighted by molar-refractivity contribution is 5.81. The molecule has 0 unspecified atom stereocenters. The van der Waals surface area contributed by atoms with Crippen molar-refractivity contribution in [1.29, 1.82) is 0 Å². The number of alkyl halides is 3. The van der Waals surface area contributed by atoms with E-state index in [9.17, 15) is 18.0 Å². The molecule has 1 saturated carbocycles. The van der Waals surface area contributed by atoms with Gasteiger partial charge in [0.2, 0.25) is 5.88 Å². The molecule has 0 N–H and O–H groups in total. The van der Waals surface area contributed by atoms with Gasteiger partial charge in [-0.1, -0.05) is 24.3 Å². The van der Waals surface area contributed by atoms with E-state index in [1.165, 1.54) is 31.1 Å². The van der Waals surface area contributed by atoms with E-state index >= 15 is 0 Å². The maximum atomic E-state index is 13.2. The molecule has 1 fully saturated rings. The van der Waals surface area contributed by atoms with E-state index in [0.29, 0.717) is 28.5 Å². The molecule has 0 saturated heterocycles. The molecule has 5 aromatic rings. The first-order valence-corrected chi connectivity index (χ1v) is 12.6. The van der Waals surface area contributed by atoms with Crippen molar-refractivity contribution in [2.24, 2.45) is 7.05 Å². The van der Waals surface area contributed by atoms with Gasteiger partial charge in [-0.3, -0.25) is 9.36 Å². The van der Waals surface area contributed by atoms with E-state index in [2.05, 4.69) is 19.9 Å². The largest absolute Gasteiger partial charge is 0.480 e. The summed E-state index contributed by atoms with van der Waals surface area (Å²) < 4.78 is 47.7. The summed E-state index contributed by atoms with van der Waals surface area (Å²) in [7, 11) is 3.05. The monoisotopic (exact) mass is 547 g/mol. The number of hydrogen-bond acceptors (Lipinski definition) is 7. The van der Waals surface area contributed by atoms with E-state index in [1.54, 1.807) is 35.0 Å². The Balaban J connectivity index is 1.40. The van der Waals surface area contributed by atoms with Crippen molar-refractivity contribution in [3.05, 3.63) is 81.9 Å². The minimum absolute atomic E-state index is 0.193. The fourth-order valence-corrected chi connectivity index (χ4v) is 4.80. The molecule has 0 spiro atoms. The third-order valence-electron chi connectivity index (χ3n) is 7.00. The van der Waals surface area contributed by atoms with Gasteiger partial charge in [0.1, 0.15) is 23.4 Å². The molecule has 1 aliphatic carbocycles. The molecule has 40 heavy (non-hydrogen) atoms. The van der Waals surface area contributed by atoms with Gasteiger partial charge in [-0.05, 0) is 30.9 Å². The van der Waals surface area contributed by atoms with Crippen molar-refractivity contribution in [1.82, 2.24) is 34.1 Å². The first-order valence-electron chi connectivity index (χ1n) is 12.6. The SMILES string of the molecule is COc1ncnc(C2CC2)c1-c1ncc2c(C)cc(=O)n(Cc3ccc(-c4nc(C(F)(F)F)cn4C)cc3)c2n1. The van der Waals surface area contributed by atoms with Crippen LogP contribution in [0.2, 0.25) is 0 Å². The third-order valence-corrected chi connectivity index (χ3v) is 7.00. The van der Waals surface area contributed by atoms with E-state index in [0.717, 1.165) is 41.2 Å². The summed E-state index contributed by atoms with van der Waals surface area (Å²) in [5.41, 5.74) is 2.73. The van der Waals surface area contributed by atoms with Crippen LogP contribution in [-0.4, -0.2) is 41.2 Å². The van der Waals surface area contributed by atoms with Crippen LogP contribution in [0.1, 0.15) is 41.3 Å². The molecule has 0 aliphatic heterocycles. The van der Waals surface area contributed by atoms with Gasteiger partial charge in [0.15, 0.2) is 11.5 Å². The van der Waals surface area contributed by atoms with Gasteiger partial charge in [0.25, 0.3) is 5.56 Å². The zero-order chi connectivity index (χ0) is 28.2. The molecule has 4 heterocycles. The summed E-state index contributed by atoms with van der Waals surface area (Å²) in [6.07, 6.45) is 1.61. The summed E-state index contributed by atoms with van der Waals surface area (Å²) >= 11 is 0. The van der Waals surface area contributed by atoms with E-state index in [-0.39, 0.29) is 23.8 Å². The number of nitrogens with zero attached hydrogens (tertiary/aromatic N) is 7. The molecule has 0 radical (unpaired) electrons. The van der Waals surface area contributed by atoms with Crippen molar-refractivity contribution < 1.29 is 17.9 Å². The van der Waals surface area contributed by atoms with Crippen LogP contribution in [0.3, 0.4) is 0 Å². The lowest BCUT2D eigenvalue weighted by Gasteiger charge is -2.14. The Kier molecular flexibility index (Phi) is 6.12. The van der Waals surface area contributed by atoms with Crippen molar-refractivity contribution >= 4 is 11.0 Å². The quantitative estimate of drug-likeness (QED) is 0.298. The van der Waals surface area contributed by atoms with Crippen LogP contribution < -0.4 is 10.3 Å². The van der Waals surface area contributed by atoms with Crippen molar-refractivity contribution in [2.75, 3.05) is 7.11 Å². The predicted molar refractivity (Wildman–Crippen MR) is 141 cm³/mol. The number of fused-ring (bicyclic) bond motifs is 1. The third kappa shape index (κ3) is 4.59. The molecule has 1 aromatic carbocycles. The van der Waals surface area contributed by atoms with Gasteiger partial charge in [-0.15, -0.1) is 0 Å². The second-order valence-corrected chi connectivity index (χ2v) is 9.86. The molecule has 9 nitrogen and oxygen atoms in total. The summed E-state index contributed by atoms with van der Waals surface area (Å²) in [6.45, 7) is 2.02. The maximum Gasteiger partial charge on any atom is 0.434 e. The fourth-order valence-electron chi connectivity index (χ4n) is 4.80. The lowest BCUT2D eigenvalue weighted by atomic mass is 10.1. The standard InChI is InChI=1S/C28H24F3N7O2/c1-15-10-21(39)38(12-16-4-6-18(7-5-16)25-35-20(13-37(25)2)28(29,30)31)26-19(15)11-32-24(36-26)22-23(17-8-9-17)33-14-34-27(22)40-3/h4-7,10-11,13-14,17H,8-9,12H2,1-3H3. The van der Waals surface area contributed by atoms with Crippen molar-refractivity contribution in [3.8, 4) is 28.7 Å². The van der Waals surface area contributed by atoms with E-state index in [4.69, 9.17) is 9.72 Å². The molecule has 12 heteroatoms. The number of rotatable bonds is 6. The Hall–Kier alpha value is -4.61. The average Bonchev–Trinajstić information content (AvgIpc) is 3.70. The summed E-state index contributed by atoms with van der Waals surface area (Å²) in [5.74, 6) is 1.22. The van der Waals surface area contributed by atoms with Crippen LogP contribution in [-0.2, 0) is 19.8 Å². The second-order valence-electron chi connectivity index (χ2n) is 9.86. The minimum Gasteiger partial charge on any atom is -0.480 e. The summed E-state index contributed by atoms with van der Waals surface area (Å²) in [6, 6.07) is 8.43. The Bertz CT molecular complexity index is 1810. The van der Waals surface area contributed by atoms with E-state index in [1.807, 2.05) is 6.92 Å². The number of pyridine rings is 1.